The molecule has 2 heterocycles. The maximum Gasteiger partial charge on any atom is 0.234 e. The van der Waals surface area contributed by atoms with Crippen molar-refractivity contribution in [3.8, 4) is 0 Å². The number of hydrogen-bond donors (Lipinski definition) is 1. The summed E-state index contributed by atoms with van der Waals surface area (Å²) in [6, 6.07) is 8.06. The molecule has 1 N–H and O–H groups in total. The Hall–Kier alpha value is -2.57. The minimum Gasteiger partial charge on any atom is -0.369 e. The van der Waals surface area contributed by atoms with Gasteiger partial charge in [-0.25, -0.2) is 0 Å². The first kappa shape index (κ1) is 17.3. The van der Waals surface area contributed by atoms with Gasteiger partial charge in [-0.05, 0) is 29.6 Å². The average Bonchev–Trinajstić information content (AvgIpc) is 2.63. The second-order valence-corrected chi connectivity index (χ2v) is 6.38. The predicted octanol–water partition coefficient (Wildman–Crippen LogP) is 1.64. The minimum atomic E-state index is -0.247. The Morgan fingerprint density at radius 2 is 2.04 bits per heavy atom. The molecule has 0 spiro atoms. The fourth-order valence-electron chi connectivity index (χ4n) is 3.41. The summed E-state index contributed by atoms with van der Waals surface area (Å²) >= 11 is 0. The van der Waals surface area contributed by atoms with Crippen molar-refractivity contribution in [1.29, 1.82) is 0 Å². The van der Waals surface area contributed by atoms with Gasteiger partial charge in [0.15, 0.2) is 0 Å². The lowest BCUT2D eigenvalue weighted by atomic mass is 9.90. The second-order valence-electron chi connectivity index (χ2n) is 6.38. The highest BCUT2D eigenvalue weighted by atomic mass is 16.2. The van der Waals surface area contributed by atoms with Crippen molar-refractivity contribution in [2.24, 2.45) is 5.11 Å². The number of azide groups is 1. The number of carbonyl (C=O) groups excluding carboxylic acids is 2. The molecule has 2 amide bonds. The summed E-state index contributed by atoms with van der Waals surface area (Å²) in [5, 5.41) is 6.01. The molecule has 1 unspecified atom stereocenters. The molecule has 1 aromatic rings. The van der Waals surface area contributed by atoms with Crippen molar-refractivity contribution >= 4 is 17.5 Å². The maximum absolute atomic E-state index is 12.1. The molecular weight excluding hydrogens is 320 g/mol. The van der Waals surface area contributed by atoms with E-state index in [9.17, 15) is 9.59 Å². The van der Waals surface area contributed by atoms with E-state index in [2.05, 4.69) is 37.3 Å². The van der Waals surface area contributed by atoms with E-state index in [1.54, 1.807) is 0 Å². The number of piperazine rings is 1. The molecule has 8 nitrogen and oxygen atoms in total. The number of nitrogens with one attached hydrogen (secondary N) is 1. The van der Waals surface area contributed by atoms with E-state index in [-0.39, 0.29) is 17.7 Å². The summed E-state index contributed by atoms with van der Waals surface area (Å²) in [5.74, 6) is -0.631. The lowest BCUT2D eigenvalue weighted by Gasteiger charge is -2.36. The number of piperidine rings is 1. The Balaban J connectivity index is 1.62. The molecular formula is C17H22N6O2. The molecule has 0 aliphatic carbocycles. The van der Waals surface area contributed by atoms with Crippen molar-refractivity contribution in [2.45, 2.75) is 18.8 Å². The highest BCUT2D eigenvalue weighted by Gasteiger charge is 2.28. The first-order chi connectivity index (χ1) is 12.2. The monoisotopic (exact) mass is 342 g/mol. The van der Waals surface area contributed by atoms with Gasteiger partial charge in [-0.3, -0.25) is 19.8 Å². The standard InChI is InChI=1S/C17H22N6O2/c18-21-19-6-7-22-8-10-23(11-9-22)14-3-1-2-13(12-14)15-4-5-16(24)20-17(15)25/h1-3,12,15H,4-11H2,(H,20,24,25). The van der Waals surface area contributed by atoms with Gasteiger partial charge >= 0.3 is 0 Å². The number of imide groups is 1. The van der Waals surface area contributed by atoms with Crippen LogP contribution in [0, 0.1) is 0 Å². The van der Waals surface area contributed by atoms with Gasteiger partial charge < -0.3 is 4.90 Å². The van der Waals surface area contributed by atoms with Gasteiger partial charge in [0.2, 0.25) is 11.8 Å². The van der Waals surface area contributed by atoms with Crippen molar-refractivity contribution in [3.05, 3.63) is 40.3 Å². The molecule has 3 rings (SSSR count). The summed E-state index contributed by atoms with van der Waals surface area (Å²) in [6.45, 7) is 4.92. The minimum absolute atomic E-state index is 0.186. The smallest absolute Gasteiger partial charge is 0.234 e. The number of rotatable bonds is 5. The van der Waals surface area contributed by atoms with Crippen molar-refractivity contribution in [3.63, 3.8) is 0 Å². The summed E-state index contributed by atoms with van der Waals surface area (Å²) in [5.41, 5.74) is 10.4. The van der Waals surface area contributed by atoms with E-state index in [1.807, 2.05) is 12.1 Å². The Kier molecular flexibility index (Phi) is 5.53. The van der Waals surface area contributed by atoms with Gasteiger partial charge in [0.25, 0.3) is 0 Å². The van der Waals surface area contributed by atoms with E-state index in [0.717, 1.165) is 44.0 Å². The lowest BCUT2D eigenvalue weighted by molar-refractivity contribution is -0.134. The van der Waals surface area contributed by atoms with Crippen LogP contribution in [0.3, 0.4) is 0 Å². The van der Waals surface area contributed by atoms with E-state index in [4.69, 9.17) is 5.53 Å². The van der Waals surface area contributed by atoms with Gasteiger partial charge in [0.05, 0.1) is 5.92 Å². The summed E-state index contributed by atoms with van der Waals surface area (Å²) in [7, 11) is 0. The van der Waals surface area contributed by atoms with Crippen LogP contribution in [0.2, 0.25) is 0 Å². The molecule has 2 aliphatic heterocycles. The van der Waals surface area contributed by atoms with Gasteiger partial charge in [-0.1, -0.05) is 17.2 Å². The largest absolute Gasteiger partial charge is 0.369 e. The SMILES string of the molecule is [N-]=[N+]=NCCN1CCN(c2cccc(C3CCC(=O)NC3=O)c2)CC1. The van der Waals surface area contributed by atoms with E-state index in [0.29, 0.717) is 19.4 Å². The van der Waals surface area contributed by atoms with Crippen molar-refractivity contribution in [1.82, 2.24) is 10.2 Å². The van der Waals surface area contributed by atoms with Crippen LogP contribution < -0.4 is 10.2 Å². The molecule has 0 saturated carbocycles. The summed E-state index contributed by atoms with van der Waals surface area (Å²) < 4.78 is 0. The number of benzene rings is 1. The first-order valence-electron chi connectivity index (χ1n) is 8.59. The maximum atomic E-state index is 12.1. The Morgan fingerprint density at radius 1 is 1.24 bits per heavy atom. The normalized spacial score (nSPS) is 21.6. The van der Waals surface area contributed by atoms with Crippen molar-refractivity contribution in [2.75, 3.05) is 44.2 Å². The fourth-order valence-corrected chi connectivity index (χ4v) is 3.41. The third kappa shape index (κ3) is 4.29. The van der Waals surface area contributed by atoms with E-state index < -0.39 is 0 Å². The number of carbonyl (C=O) groups is 2. The van der Waals surface area contributed by atoms with Gasteiger partial charge in [0, 0.05) is 56.3 Å². The van der Waals surface area contributed by atoms with Crippen LogP contribution in [0.5, 0.6) is 0 Å². The second kappa shape index (κ2) is 8.00. The molecule has 0 aromatic heterocycles. The molecule has 25 heavy (non-hydrogen) atoms. The summed E-state index contributed by atoms with van der Waals surface area (Å²) in [6.07, 6.45) is 0.964. The van der Waals surface area contributed by atoms with Gasteiger partial charge in [-0.2, -0.15) is 0 Å². The zero-order valence-corrected chi connectivity index (χ0v) is 14.1. The number of hydrogen-bond acceptors (Lipinski definition) is 5. The van der Waals surface area contributed by atoms with Gasteiger partial charge in [0.1, 0.15) is 0 Å². The van der Waals surface area contributed by atoms with Crippen LogP contribution in [0.1, 0.15) is 24.3 Å². The van der Waals surface area contributed by atoms with Gasteiger partial charge in [-0.15, -0.1) is 0 Å². The topological polar surface area (TPSA) is 101 Å². The van der Waals surface area contributed by atoms with Crippen LogP contribution in [-0.4, -0.2) is 56.0 Å². The fraction of sp³-hybridized carbons (Fsp3) is 0.529. The number of nitrogens with zero attached hydrogens (tertiary/aromatic N) is 5. The third-order valence-electron chi connectivity index (χ3n) is 4.83. The highest BCUT2D eigenvalue weighted by Crippen LogP contribution is 2.28. The Labute approximate surface area is 146 Å². The highest BCUT2D eigenvalue weighted by molar-refractivity contribution is 6.01. The lowest BCUT2D eigenvalue weighted by Crippen LogP contribution is -2.47. The predicted molar refractivity (Wildman–Crippen MR) is 94.2 cm³/mol. The van der Waals surface area contributed by atoms with Crippen LogP contribution in [0.25, 0.3) is 10.4 Å². The zero-order valence-electron chi connectivity index (χ0n) is 14.1. The molecule has 1 atom stereocenters. The van der Waals surface area contributed by atoms with E-state index in [1.165, 1.54) is 0 Å². The van der Waals surface area contributed by atoms with Crippen LogP contribution >= 0.6 is 0 Å². The zero-order chi connectivity index (χ0) is 17.6. The molecule has 8 heteroatoms. The first-order valence-corrected chi connectivity index (χ1v) is 8.59. The van der Waals surface area contributed by atoms with Crippen LogP contribution in [0.4, 0.5) is 5.69 Å². The molecule has 0 bridgehead atoms. The van der Waals surface area contributed by atoms with Crippen LogP contribution in [-0.2, 0) is 9.59 Å². The molecule has 2 aliphatic rings. The Bertz CT molecular complexity index is 692. The molecule has 2 saturated heterocycles. The number of anilines is 1. The van der Waals surface area contributed by atoms with Crippen molar-refractivity contribution < 1.29 is 9.59 Å². The molecule has 0 radical (unpaired) electrons. The van der Waals surface area contributed by atoms with Crippen LogP contribution in [0.15, 0.2) is 29.4 Å². The molecule has 2 fully saturated rings. The quantitative estimate of drug-likeness (QED) is 0.380. The average molecular weight is 342 g/mol. The van der Waals surface area contributed by atoms with E-state index >= 15 is 0 Å². The Morgan fingerprint density at radius 3 is 2.76 bits per heavy atom. The molecule has 132 valence electrons. The number of amides is 2. The summed E-state index contributed by atoms with van der Waals surface area (Å²) in [4.78, 5) is 30.8. The molecule has 1 aromatic carbocycles. The third-order valence-corrected chi connectivity index (χ3v) is 4.83.